The molecule has 3 aromatic carbocycles. The fourth-order valence-corrected chi connectivity index (χ4v) is 5.34. The maximum absolute atomic E-state index is 6.06. The standard InChI is InChI=1S/C31H32O2/c1-2-6-26(7-3-1)28-16-12-24(13-17-28)10-11-25-14-19-30(20-15-25)32-23-33-31-21-18-27-8-4-5-9-29(27)22-31/h1-3,6-7,12-17,19-20,27,29,31H,4-5,8-9,18,21-23H2. The van der Waals surface area contributed by atoms with E-state index in [9.17, 15) is 0 Å². The zero-order valence-corrected chi connectivity index (χ0v) is 19.2. The second kappa shape index (κ2) is 10.7. The molecule has 0 amide bonds. The van der Waals surface area contributed by atoms with Crippen LogP contribution in [0.1, 0.15) is 56.1 Å². The van der Waals surface area contributed by atoms with Crippen LogP contribution >= 0.6 is 0 Å². The summed E-state index contributed by atoms with van der Waals surface area (Å²) in [4.78, 5) is 0. The maximum Gasteiger partial charge on any atom is 0.189 e. The van der Waals surface area contributed by atoms with Crippen molar-refractivity contribution in [3.8, 4) is 28.7 Å². The van der Waals surface area contributed by atoms with Crippen LogP contribution in [0.3, 0.4) is 0 Å². The van der Waals surface area contributed by atoms with E-state index in [4.69, 9.17) is 9.47 Å². The molecule has 5 rings (SSSR count). The predicted octanol–water partition coefficient (Wildman–Crippen LogP) is 7.47. The zero-order chi connectivity index (χ0) is 22.3. The van der Waals surface area contributed by atoms with Crippen molar-refractivity contribution in [3.05, 3.63) is 90.0 Å². The lowest BCUT2D eigenvalue weighted by atomic mass is 9.70. The van der Waals surface area contributed by atoms with Crippen LogP contribution < -0.4 is 4.74 Å². The van der Waals surface area contributed by atoms with Gasteiger partial charge in [0.05, 0.1) is 6.10 Å². The Morgan fingerprint density at radius 2 is 1.27 bits per heavy atom. The van der Waals surface area contributed by atoms with Gasteiger partial charge < -0.3 is 9.47 Å². The van der Waals surface area contributed by atoms with Crippen LogP contribution in [0.15, 0.2) is 78.9 Å². The third-order valence-electron chi connectivity index (χ3n) is 7.22. The number of hydrogen-bond acceptors (Lipinski definition) is 2. The molecule has 0 N–H and O–H groups in total. The van der Waals surface area contributed by atoms with Gasteiger partial charge in [0.15, 0.2) is 6.79 Å². The van der Waals surface area contributed by atoms with Crippen molar-refractivity contribution >= 4 is 0 Å². The van der Waals surface area contributed by atoms with Gasteiger partial charge in [0.25, 0.3) is 0 Å². The third-order valence-corrected chi connectivity index (χ3v) is 7.22. The summed E-state index contributed by atoms with van der Waals surface area (Å²) in [6.45, 7) is 0.334. The maximum atomic E-state index is 6.06. The quantitative estimate of drug-likeness (QED) is 0.305. The molecule has 2 fully saturated rings. The average Bonchev–Trinajstić information content (AvgIpc) is 2.89. The molecule has 2 aliphatic carbocycles. The third kappa shape index (κ3) is 5.86. The molecule has 33 heavy (non-hydrogen) atoms. The molecule has 0 aromatic heterocycles. The molecule has 168 valence electrons. The van der Waals surface area contributed by atoms with E-state index >= 15 is 0 Å². The molecule has 0 bridgehead atoms. The topological polar surface area (TPSA) is 18.5 Å². The van der Waals surface area contributed by atoms with Gasteiger partial charge in [-0.05, 0) is 78.6 Å². The van der Waals surface area contributed by atoms with E-state index in [1.807, 2.05) is 30.3 Å². The van der Waals surface area contributed by atoms with Crippen molar-refractivity contribution in [2.75, 3.05) is 6.79 Å². The van der Waals surface area contributed by atoms with E-state index in [0.717, 1.165) is 28.7 Å². The molecule has 0 heterocycles. The first kappa shape index (κ1) is 21.8. The molecule has 0 spiro atoms. The minimum absolute atomic E-state index is 0.334. The highest BCUT2D eigenvalue weighted by atomic mass is 16.7. The highest BCUT2D eigenvalue weighted by Gasteiger charge is 2.32. The lowest BCUT2D eigenvalue weighted by Gasteiger charge is -2.39. The number of benzene rings is 3. The molecule has 0 aliphatic heterocycles. The Morgan fingerprint density at radius 1 is 0.636 bits per heavy atom. The Bertz CT molecular complexity index is 1070. The smallest absolute Gasteiger partial charge is 0.189 e. The molecule has 3 aromatic rings. The first-order valence-corrected chi connectivity index (χ1v) is 12.4. The summed E-state index contributed by atoms with van der Waals surface area (Å²) in [5.41, 5.74) is 4.41. The molecule has 2 aliphatic rings. The SMILES string of the molecule is C(#Cc1ccc(-c2ccccc2)cc1)c1ccc(OCOC2CCC3CCCCC3C2)cc1. The van der Waals surface area contributed by atoms with Crippen molar-refractivity contribution in [1.29, 1.82) is 0 Å². The predicted molar refractivity (Wildman–Crippen MR) is 134 cm³/mol. The Morgan fingerprint density at radius 3 is 2.00 bits per heavy atom. The molecule has 0 saturated heterocycles. The molecular formula is C31H32O2. The first-order valence-electron chi connectivity index (χ1n) is 12.4. The van der Waals surface area contributed by atoms with Gasteiger partial charge in [-0.15, -0.1) is 0 Å². The average molecular weight is 437 g/mol. The van der Waals surface area contributed by atoms with Gasteiger partial charge >= 0.3 is 0 Å². The van der Waals surface area contributed by atoms with Gasteiger partial charge in [0.2, 0.25) is 0 Å². The fraction of sp³-hybridized carbons (Fsp3) is 0.355. The van der Waals surface area contributed by atoms with Crippen LogP contribution in [0, 0.1) is 23.7 Å². The summed E-state index contributed by atoms with van der Waals surface area (Å²) in [5, 5.41) is 0. The van der Waals surface area contributed by atoms with Crippen molar-refractivity contribution in [2.24, 2.45) is 11.8 Å². The Kier molecular flexibility index (Phi) is 7.09. The van der Waals surface area contributed by atoms with Gasteiger partial charge in [0.1, 0.15) is 5.75 Å². The Balaban J connectivity index is 1.10. The highest BCUT2D eigenvalue weighted by molar-refractivity contribution is 5.64. The first-order chi connectivity index (χ1) is 16.3. The van der Waals surface area contributed by atoms with E-state index in [1.54, 1.807) is 0 Å². The normalized spacial score (nSPS) is 22.0. The van der Waals surface area contributed by atoms with Crippen LogP contribution in [0.2, 0.25) is 0 Å². The van der Waals surface area contributed by atoms with E-state index in [0.29, 0.717) is 12.9 Å². The van der Waals surface area contributed by atoms with Crippen molar-refractivity contribution in [1.82, 2.24) is 0 Å². The van der Waals surface area contributed by atoms with Crippen LogP contribution in [0.5, 0.6) is 5.75 Å². The minimum Gasteiger partial charge on any atom is -0.468 e. The van der Waals surface area contributed by atoms with Gasteiger partial charge in [-0.1, -0.05) is 80.0 Å². The molecular weight excluding hydrogens is 404 g/mol. The minimum atomic E-state index is 0.334. The summed E-state index contributed by atoms with van der Waals surface area (Å²) in [6, 6.07) is 26.8. The lowest BCUT2D eigenvalue weighted by molar-refractivity contribution is -0.0708. The Hall–Kier alpha value is -3.02. The van der Waals surface area contributed by atoms with Crippen molar-refractivity contribution < 1.29 is 9.47 Å². The van der Waals surface area contributed by atoms with Crippen molar-refractivity contribution in [2.45, 2.75) is 51.0 Å². The molecule has 2 heteroatoms. The summed E-state index contributed by atoms with van der Waals surface area (Å²) >= 11 is 0. The second-order valence-electron chi connectivity index (χ2n) is 9.39. The van der Waals surface area contributed by atoms with Gasteiger partial charge in [-0.2, -0.15) is 0 Å². The molecule has 0 radical (unpaired) electrons. The van der Waals surface area contributed by atoms with Crippen LogP contribution in [0.25, 0.3) is 11.1 Å². The van der Waals surface area contributed by atoms with Crippen LogP contribution in [-0.2, 0) is 4.74 Å². The highest BCUT2D eigenvalue weighted by Crippen LogP contribution is 2.41. The van der Waals surface area contributed by atoms with Crippen LogP contribution in [0.4, 0.5) is 0 Å². The van der Waals surface area contributed by atoms with Gasteiger partial charge in [0, 0.05) is 11.1 Å². The van der Waals surface area contributed by atoms with Gasteiger partial charge in [-0.3, -0.25) is 0 Å². The van der Waals surface area contributed by atoms with E-state index in [-0.39, 0.29) is 0 Å². The summed E-state index contributed by atoms with van der Waals surface area (Å²) < 4.78 is 11.9. The van der Waals surface area contributed by atoms with E-state index in [1.165, 1.54) is 56.1 Å². The summed E-state index contributed by atoms with van der Waals surface area (Å²) in [7, 11) is 0. The summed E-state index contributed by atoms with van der Waals surface area (Å²) in [6.07, 6.45) is 9.75. The fourth-order valence-electron chi connectivity index (χ4n) is 5.34. The van der Waals surface area contributed by atoms with Crippen molar-refractivity contribution in [3.63, 3.8) is 0 Å². The van der Waals surface area contributed by atoms with E-state index in [2.05, 4.69) is 60.4 Å². The largest absolute Gasteiger partial charge is 0.468 e. The number of hydrogen-bond donors (Lipinski definition) is 0. The zero-order valence-electron chi connectivity index (χ0n) is 19.2. The molecule has 3 atom stereocenters. The second-order valence-corrected chi connectivity index (χ2v) is 9.39. The molecule has 2 saturated carbocycles. The number of fused-ring (bicyclic) bond motifs is 1. The lowest BCUT2D eigenvalue weighted by Crippen LogP contribution is -2.32. The Labute approximate surface area is 198 Å². The number of ether oxygens (including phenoxy) is 2. The molecule has 3 unspecified atom stereocenters. The van der Waals surface area contributed by atoms with E-state index < -0.39 is 0 Å². The van der Waals surface area contributed by atoms with Gasteiger partial charge in [-0.25, -0.2) is 0 Å². The summed E-state index contributed by atoms with van der Waals surface area (Å²) in [5.74, 6) is 9.16. The van der Waals surface area contributed by atoms with Crippen LogP contribution in [-0.4, -0.2) is 12.9 Å². The monoisotopic (exact) mass is 436 g/mol. The number of rotatable bonds is 5. The molecule has 2 nitrogen and oxygen atoms in total.